The molecule has 1 aromatic rings. The number of hydrogen-bond acceptors (Lipinski definition) is 5. The van der Waals surface area contributed by atoms with Crippen molar-refractivity contribution in [1.82, 2.24) is 10.3 Å². The highest BCUT2D eigenvalue weighted by Gasteiger charge is 2.18. The van der Waals surface area contributed by atoms with E-state index in [0.717, 1.165) is 0 Å². The molecule has 7 heteroatoms. The van der Waals surface area contributed by atoms with Crippen LogP contribution in [0.5, 0.6) is 0 Å². The maximum atomic E-state index is 13.8. The molecule has 1 amide bonds. The number of rotatable bonds is 6. The van der Waals surface area contributed by atoms with E-state index in [4.69, 9.17) is 10.6 Å². The Morgan fingerprint density at radius 1 is 1.67 bits per heavy atom. The molecule has 1 rings (SSSR count). The minimum absolute atomic E-state index is 0.104. The van der Waals surface area contributed by atoms with Gasteiger partial charge in [-0.25, -0.2) is 15.2 Å². The highest BCUT2D eigenvalue weighted by atomic mass is 19.1. The summed E-state index contributed by atoms with van der Waals surface area (Å²) in [6.45, 7) is 2.27. The number of carbonyl (C=O) groups is 1. The summed E-state index contributed by atoms with van der Waals surface area (Å²) < 4.78 is 18.7. The highest BCUT2D eigenvalue weighted by molar-refractivity contribution is 5.95. The number of nitrogens with one attached hydrogen (secondary N) is 2. The van der Waals surface area contributed by atoms with E-state index in [-0.39, 0.29) is 17.4 Å². The highest BCUT2D eigenvalue weighted by Crippen LogP contribution is 2.14. The summed E-state index contributed by atoms with van der Waals surface area (Å²) >= 11 is 0. The van der Waals surface area contributed by atoms with Crippen molar-refractivity contribution in [3.8, 4) is 0 Å². The lowest BCUT2D eigenvalue weighted by Gasteiger charge is -2.16. The van der Waals surface area contributed by atoms with Gasteiger partial charge in [0.25, 0.3) is 5.91 Å². The van der Waals surface area contributed by atoms with Crippen molar-refractivity contribution < 1.29 is 13.9 Å². The van der Waals surface area contributed by atoms with Crippen molar-refractivity contribution in [1.29, 1.82) is 0 Å². The summed E-state index contributed by atoms with van der Waals surface area (Å²) in [6.07, 6.45) is 2.00. The minimum Gasteiger partial charge on any atom is -0.383 e. The van der Waals surface area contributed by atoms with E-state index in [0.29, 0.717) is 13.0 Å². The van der Waals surface area contributed by atoms with Crippen molar-refractivity contribution in [2.24, 2.45) is 5.84 Å². The van der Waals surface area contributed by atoms with Gasteiger partial charge in [-0.1, -0.05) is 6.92 Å². The number of halogens is 1. The number of amides is 1. The van der Waals surface area contributed by atoms with Crippen LogP contribution >= 0.6 is 0 Å². The molecule has 1 atom stereocenters. The van der Waals surface area contributed by atoms with E-state index in [1.807, 2.05) is 6.92 Å². The van der Waals surface area contributed by atoms with Crippen molar-refractivity contribution in [2.45, 2.75) is 19.4 Å². The van der Waals surface area contributed by atoms with Gasteiger partial charge in [0.2, 0.25) is 0 Å². The Hall–Kier alpha value is -1.73. The van der Waals surface area contributed by atoms with E-state index < -0.39 is 11.7 Å². The van der Waals surface area contributed by atoms with E-state index in [9.17, 15) is 9.18 Å². The molecule has 4 N–H and O–H groups in total. The van der Waals surface area contributed by atoms with Gasteiger partial charge in [-0.05, 0) is 12.5 Å². The number of nitrogens with zero attached hydrogens (tertiary/aromatic N) is 1. The molecule has 0 radical (unpaired) electrons. The van der Waals surface area contributed by atoms with Gasteiger partial charge in [-0.2, -0.15) is 0 Å². The monoisotopic (exact) mass is 256 g/mol. The normalized spacial score (nSPS) is 12.0. The van der Waals surface area contributed by atoms with Gasteiger partial charge in [-0.3, -0.25) is 4.79 Å². The molecule has 0 saturated heterocycles. The Morgan fingerprint density at radius 3 is 2.94 bits per heavy atom. The summed E-state index contributed by atoms with van der Waals surface area (Å²) in [7, 11) is 1.54. The number of nitrogens with two attached hydrogens (primary N) is 1. The number of methoxy groups -OCH3 is 1. The van der Waals surface area contributed by atoms with E-state index in [1.165, 1.54) is 19.4 Å². The molecule has 1 unspecified atom stereocenters. The smallest absolute Gasteiger partial charge is 0.254 e. The molecule has 0 aliphatic carbocycles. The lowest BCUT2D eigenvalue weighted by molar-refractivity contribution is 0.0890. The molecule has 6 nitrogen and oxygen atoms in total. The standard InChI is InChI=1S/C11H17FN4O2/c1-3-7(6-18-2)15-11(17)8-4-5-14-10(16-13)9(8)12/h4-5,7H,3,6,13H2,1-2H3,(H,14,16)(H,15,17). The molecule has 0 bridgehead atoms. The first-order valence-corrected chi connectivity index (χ1v) is 5.54. The third kappa shape index (κ3) is 3.38. The SMILES string of the molecule is CCC(COC)NC(=O)c1ccnc(NN)c1F. The molecule has 1 aromatic heterocycles. The molecule has 18 heavy (non-hydrogen) atoms. The number of pyridine rings is 1. The zero-order valence-corrected chi connectivity index (χ0v) is 10.4. The van der Waals surface area contributed by atoms with Crippen LogP contribution in [0.1, 0.15) is 23.7 Å². The number of carbonyl (C=O) groups excluding carboxylic acids is 1. The summed E-state index contributed by atoms with van der Waals surface area (Å²) in [5, 5.41) is 2.68. The maximum absolute atomic E-state index is 13.8. The largest absolute Gasteiger partial charge is 0.383 e. The average molecular weight is 256 g/mol. The summed E-state index contributed by atoms with van der Waals surface area (Å²) in [5.41, 5.74) is 1.99. The summed E-state index contributed by atoms with van der Waals surface area (Å²) in [4.78, 5) is 15.5. The first-order valence-electron chi connectivity index (χ1n) is 5.54. The van der Waals surface area contributed by atoms with Crippen molar-refractivity contribution in [3.63, 3.8) is 0 Å². The van der Waals surface area contributed by atoms with Crippen LogP contribution in [-0.4, -0.2) is 30.6 Å². The zero-order valence-electron chi connectivity index (χ0n) is 10.4. The Bertz CT molecular complexity index is 414. The van der Waals surface area contributed by atoms with Crippen LogP contribution in [0.15, 0.2) is 12.3 Å². The molecule has 0 fully saturated rings. The van der Waals surface area contributed by atoms with Gasteiger partial charge in [0, 0.05) is 13.3 Å². The van der Waals surface area contributed by atoms with Crippen LogP contribution in [0, 0.1) is 5.82 Å². The number of hydrogen-bond donors (Lipinski definition) is 3. The van der Waals surface area contributed by atoms with Crippen molar-refractivity contribution in [3.05, 3.63) is 23.6 Å². The molecule has 0 saturated carbocycles. The van der Waals surface area contributed by atoms with Crippen LogP contribution in [0.4, 0.5) is 10.2 Å². The number of hydrazine groups is 1. The van der Waals surface area contributed by atoms with Gasteiger partial charge in [0.15, 0.2) is 11.6 Å². The van der Waals surface area contributed by atoms with Crippen LogP contribution in [0.2, 0.25) is 0 Å². The van der Waals surface area contributed by atoms with Gasteiger partial charge in [0.1, 0.15) is 0 Å². The van der Waals surface area contributed by atoms with E-state index in [1.54, 1.807) is 0 Å². The van der Waals surface area contributed by atoms with Gasteiger partial charge in [-0.15, -0.1) is 0 Å². The molecular weight excluding hydrogens is 239 g/mol. The molecular formula is C11H17FN4O2. The van der Waals surface area contributed by atoms with Crippen LogP contribution in [0.3, 0.4) is 0 Å². The summed E-state index contributed by atoms with van der Waals surface area (Å²) in [5.74, 6) is 3.63. The van der Waals surface area contributed by atoms with Gasteiger partial charge >= 0.3 is 0 Å². The summed E-state index contributed by atoms with van der Waals surface area (Å²) in [6, 6.07) is 1.13. The second kappa shape index (κ2) is 6.87. The maximum Gasteiger partial charge on any atom is 0.254 e. The fraction of sp³-hybridized carbons (Fsp3) is 0.455. The molecule has 0 aliphatic heterocycles. The fourth-order valence-corrected chi connectivity index (χ4v) is 1.45. The fourth-order valence-electron chi connectivity index (χ4n) is 1.45. The molecule has 0 spiro atoms. The lowest BCUT2D eigenvalue weighted by atomic mass is 10.2. The first-order chi connectivity index (χ1) is 8.63. The second-order valence-corrected chi connectivity index (χ2v) is 3.70. The Balaban J connectivity index is 2.84. The topological polar surface area (TPSA) is 89.3 Å². The average Bonchev–Trinajstić information content (AvgIpc) is 2.38. The number of ether oxygens (including phenoxy) is 1. The van der Waals surface area contributed by atoms with E-state index in [2.05, 4.69) is 15.7 Å². The molecule has 0 aliphatic rings. The Morgan fingerprint density at radius 2 is 2.39 bits per heavy atom. The van der Waals surface area contributed by atoms with Crippen molar-refractivity contribution in [2.75, 3.05) is 19.1 Å². The molecule has 100 valence electrons. The zero-order chi connectivity index (χ0) is 13.5. The predicted molar refractivity (Wildman–Crippen MR) is 65.4 cm³/mol. The third-order valence-electron chi connectivity index (χ3n) is 2.47. The number of anilines is 1. The van der Waals surface area contributed by atoms with E-state index >= 15 is 0 Å². The number of nitrogen functional groups attached to an aromatic ring is 1. The van der Waals surface area contributed by atoms with Crippen LogP contribution < -0.4 is 16.6 Å². The third-order valence-corrected chi connectivity index (χ3v) is 2.47. The second-order valence-electron chi connectivity index (χ2n) is 3.70. The number of aromatic nitrogens is 1. The molecule has 1 heterocycles. The first kappa shape index (κ1) is 14.3. The predicted octanol–water partition coefficient (Wildman–Crippen LogP) is 0.661. The Kier molecular flexibility index (Phi) is 5.47. The molecule has 0 aromatic carbocycles. The van der Waals surface area contributed by atoms with Crippen molar-refractivity contribution >= 4 is 11.7 Å². The minimum atomic E-state index is -0.773. The Labute approximate surface area is 105 Å². The van der Waals surface area contributed by atoms with Crippen LogP contribution in [-0.2, 0) is 4.74 Å². The quantitative estimate of drug-likeness (QED) is 0.514. The van der Waals surface area contributed by atoms with Gasteiger partial charge < -0.3 is 15.5 Å². The lowest BCUT2D eigenvalue weighted by Crippen LogP contribution is -2.38. The van der Waals surface area contributed by atoms with Gasteiger partial charge in [0.05, 0.1) is 18.2 Å². The van der Waals surface area contributed by atoms with Crippen LogP contribution in [0.25, 0.3) is 0 Å².